The van der Waals surface area contributed by atoms with Gasteiger partial charge >= 0.3 is 18.2 Å². The highest BCUT2D eigenvalue weighted by atomic mass is 32.1. The summed E-state index contributed by atoms with van der Waals surface area (Å²) < 4.78 is 89.2. The van der Waals surface area contributed by atoms with Crippen LogP contribution >= 0.6 is 11.3 Å². The van der Waals surface area contributed by atoms with Crippen LogP contribution in [0.15, 0.2) is 58.1 Å². The number of aryl methyl sites for hydroxylation is 1. The second-order valence-electron chi connectivity index (χ2n) is 8.54. The first-order chi connectivity index (χ1) is 18.2. The standard InChI is InChI=1S/C25H20F6N2O5S/c1-12-19-21(35)32-23(36)33(11-18(34)24(26,27)28)22(19)39-20(12)15-8-9-16(17(10-15)38-25(29,30)31)37-13(2)14-6-4-3-5-7-14/h3-10,13,18,34H,11H2,1-2H3,(H,32,35,36). The summed E-state index contributed by atoms with van der Waals surface area (Å²) in [6.07, 6.45) is -13.7. The summed E-state index contributed by atoms with van der Waals surface area (Å²) >= 11 is 0.715. The van der Waals surface area contributed by atoms with E-state index in [-0.39, 0.29) is 32.0 Å². The molecule has 0 spiro atoms. The monoisotopic (exact) mass is 574 g/mol. The Morgan fingerprint density at radius 2 is 1.69 bits per heavy atom. The van der Waals surface area contributed by atoms with Crippen LogP contribution in [0.3, 0.4) is 0 Å². The van der Waals surface area contributed by atoms with Gasteiger partial charge in [0, 0.05) is 4.88 Å². The maximum atomic E-state index is 13.3. The van der Waals surface area contributed by atoms with E-state index >= 15 is 0 Å². The van der Waals surface area contributed by atoms with Crippen molar-refractivity contribution in [1.29, 1.82) is 0 Å². The highest BCUT2D eigenvalue weighted by Gasteiger charge is 2.39. The van der Waals surface area contributed by atoms with Crippen molar-refractivity contribution in [1.82, 2.24) is 9.55 Å². The third kappa shape index (κ3) is 6.11. The number of hydrogen-bond acceptors (Lipinski definition) is 6. The number of hydrogen-bond donors (Lipinski definition) is 2. The number of benzene rings is 2. The molecule has 2 aromatic heterocycles. The Balaban J connectivity index is 1.82. The van der Waals surface area contributed by atoms with Crippen LogP contribution in [0.4, 0.5) is 26.3 Å². The van der Waals surface area contributed by atoms with Gasteiger partial charge in [0.05, 0.1) is 11.9 Å². The Hall–Kier alpha value is -3.78. The van der Waals surface area contributed by atoms with Crippen LogP contribution in [0.5, 0.6) is 11.5 Å². The zero-order valence-corrected chi connectivity index (χ0v) is 21.0. The molecule has 0 bridgehead atoms. The number of alkyl halides is 6. The van der Waals surface area contributed by atoms with E-state index in [2.05, 4.69) is 4.74 Å². The number of rotatable bonds is 7. The maximum Gasteiger partial charge on any atom is 0.573 e. The molecule has 0 amide bonds. The highest BCUT2D eigenvalue weighted by Crippen LogP contribution is 2.42. The predicted octanol–water partition coefficient (Wildman–Crippen LogP) is 5.69. The van der Waals surface area contributed by atoms with Gasteiger partial charge in [-0.1, -0.05) is 30.3 Å². The zero-order chi connectivity index (χ0) is 28.7. The van der Waals surface area contributed by atoms with Crippen molar-refractivity contribution in [2.45, 2.75) is 45.1 Å². The van der Waals surface area contributed by atoms with E-state index in [9.17, 15) is 41.0 Å². The molecule has 0 aliphatic carbocycles. The number of aliphatic hydroxyl groups excluding tert-OH is 1. The molecule has 4 aromatic rings. The molecule has 0 fully saturated rings. The smallest absolute Gasteiger partial charge is 0.482 e. The molecule has 0 radical (unpaired) electrons. The molecule has 2 unspecified atom stereocenters. The summed E-state index contributed by atoms with van der Waals surface area (Å²) in [5.74, 6) is -0.910. The molecule has 2 heterocycles. The minimum atomic E-state index is -5.08. The van der Waals surface area contributed by atoms with Crippen LogP contribution in [-0.2, 0) is 6.54 Å². The van der Waals surface area contributed by atoms with Crippen LogP contribution < -0.4 is 20.7 Å². The lowest BCUT2D eigenvalue weighted by Crippen LogP contribution is -2.38. The van der Waals surface area contributed by atoms with E-state index in [1.54, 1.807) is 37.3 Å². The van der Waals surface area contributed by atoms with E-state index in [0.29, 0.717) is 21.5 Å². The second kappa shape index (κ2) is 10.4. The van der Waals surface area contributed by atoms with E-state index in [0.717, 1.165) is 6.07 Å². The summed E-state index contributed by atoms with van der Waals surface area (Å²) in [7, 11) is 0. The summed E-state index contributed by atoms with van der Waals surface area (Å²) in [5, 5.41) is 9.37. The van der Waals surface area contributed by atoms with Crippen LogP contribution in [0.1, 0.15) is 24.2 Å². The fourth-order valence-electron chi connectivity index (χ4n) is 3.93. The van der Waals surface area contributed by atoms with Crippen LogP contribution in [0, 0.1) is 6.92 Å². The molecule has 39 heavy (non-hydrogen) atoms. The van der Waals surface area contributed by atoms with E-state index in [4.69, 9.17) is 4.74 Å². The molecule has 2 N–H and O–H groups in total. The number of fused-ring (bicyclic) bond motifs is 1. The van der Waals surface area contributed by atoms with Gasteiger partial charge in [-0.25, -0.2) is 4.79 Å². The third-order valence-electron chi connectivity index (χ3n) is 5.80. The van der Waals surface area contributed by atoms with Crippen molar-refractivity contribution in [2.24, 2.45) is 0 Å². The van der Waals surface area contributed by atoms with Crippen molar-refractivity contribution in [2.75, 3.05) is 0 Å². The molecule has 0 aliphatic heterocycles. The lowest BCUT2D eigenvalue weighted by Gasteiger charge is -2.19. The average Bonchev–Trinajstić information content (AvgIpc) is 3.19. The first-order valence-corrected chi connectivity index (χ1v) is 12.1. The largest absolute Gasteiger partial charge is 0.573 e. The van der Waals surface area contributed by atoms with Crippen molar-refractivity contribution < 1.29 is 40.9 Å². The molecule has 14 heteroatoms. The first-order valence-electron chi connectivity index (χ1n) is 11.3. The molecule has 7 nitrogen and oxygen atoms in total. The minimum absolute atomic E-state index is 0.127. The van der Waals surface area contributed by atoms with Crippen molar-refractivity contribution in [3.05, 3.63) is 80.5 Å². The summed E-state index contributed by atoms with van der Waals surface area (Å²) in [5.41, 5.74) is -1.05. The Morgan fingerprint density at radius 3 is 2.31 bits per heavy atom. The number of H-pyrrole nitrogens is 1. The van der Waals surface area contributed by atoms with Crippen molar-refractivity contribution >= 4 is 21.6 Å². The molecule has 0 saturated heterocycles. The molecule has 0 aliphatic rings. The van der Waals surface area contributed by atoms with Gasteiger partial charge in [-0.2, -0.15) is 13.2 Å². The lowest BCUT2D eigenvalue weighted by atomic mass is 10.1. The summed E-state index contributed by atoms with van der Waals surface area (Å²) in [4.78, 5) is 26.8. The van der Waals surface area contributed by atoms with Gasteiger partial charge in [-0.3, -0.25) is 14.3 Å². The van der Waals surface area contributed by atoms with Crippen molar-refractivity contribution in [3.8, 4) is 21.9 Å². The average molecular weight is 574 g/mol. The molecule has 208 valence electrons. The Kier molecular flexibility index (Phi) is 7.54. The second-order valence-corrected chi connectivity index (χ2v) is 9.54. The van der Waals surface area contributed by atoms with Gasteiger partial charge in [0.2, 0.25) is 0 Å². The van der Waals surface area contributed by atoms with E-state index < -0.39 is 48.3 Å². The maximum absolute atomic E-state index is 13.3. The topological polar surface area (TPSA) is 93.5 Å². The number of aromatic nitrogens is 2. The molecule has 4 rings (SSSR count). The molecular weight excluding hydrogens is 554 g/mol. The normalized spacial score (nSPS) is 13.9. The molecular formula is C25H20F6N2O5S. The Morgan fingerprint density at radius 1 is 1.03 bits per heavy atom. The molecule has 2 atom stereocenters. The SMILES string of the molecule is Cc1c(-c2ccc(OC(C)c3ccccc3)c(OC(F)(F)F)c2)sc2c1c(=O)[nH]c(=O)n2CC(O)C(F)(F)F. The van der Waals surface area contributed by atoms with Crippen LogP contribution in [0.2, 0.25) is 0 Å². The number of thiophene rings is 1. The van der Waals surface area contributed by atoms with Gasteiger partial charge in [-0.15, -0.1) is 24.5 Å². The number of ether oxygens (including phenoxy) is 2. The number of halogens is 6. The fraction of sp³-hybridized carbons (Fsp3) is 0.280. The zero-order valence-electron chi connectivity index (χ0n) is 20.2. The number of aliphatic hydroxyl groups is 1. The van der Waals surface area contributed by atoms with Gasteiger partial charge in [0.15, 0.2) is 17.6 Å². The summed E-state index contributed by atoms with van der Waals surface area (Å²) in [6.45, 7) is 1.88. The van der Waals surface area contributed by atoms with E-state index in [1.807, 2.05) is 4.98 Å². The van der Waals surface area contributed by atoms with E-state index in [1.165, 1.54) is 19.1 Å². The number of aromatic amines is 1. The lowest BCUT2D eigenvalue weighted by molar-refractivity contribution is -0.275. The number of nitrogens with one attached hydrogen (secondary N) is 1. The van der Waals surface area contributed by atoms with Gasteiger partial charge in [0.1, 0.15) is 10.9 Å². The fourth-order valence-corrected chi connectivity index (χ4v) is 5.24. The van der Waals surface area contributed by atoms with Gasteiger partial charge in [0.25, 0.3) is 5.56 Å². The quantitative estimate of drug-likeness (QED) is 0.277. The Labute approximate surface area is 219 Å². The first kappa shape index (κ1) is 28.2. The molecule has 0 saturated carbocycles. The minimum Gasteiger partial charge on any atom is -0.482 e. The van der Waals surface area contributed by atoms with Crippen LogP contribution in [0.25, 0.3) is 20.7 Å². The summed E-state index contributed by atoms with van der Waals surface area (Å²) in [6, 6.07) is 12.4. The predicted molar refractivity (Wildman–Crippen MR) is 131 cm³/mol. The highest BCUT2D eigenvalue weighted by molar-refractivity contribution is 7.22. The van der Waals surface area contributed by atoms with Gasteiger partial charge < -0.3 is 14.6 Å². The van der Waals surface area contributed by atoms with Crippen LogP contribution in [-0.4, -0.2) is 33.3 Å². The number of nitrogens with zero attached hydrogens (tertiary/aromatic N) is 1. The Bertz CT molecular complexity index is 1610. The van der Waals surface area contributed by atoms with Crippen molar-refractivity contribution in [3.63, 3.8) is 0 Å². The van der Waals surface area contributed by atoms with Gasteiger partial charge in [-0.05, 0) is 48.7 Å². The third-order valence-corrected chi connectivity index (χ3v) is 7.17. The molecule has 2 aromatic carbocycles.